The van der Waals surface area contributed by atoms with Crippen molar-refractivity contribution in [3.8, 4) is 0 Å². The molecule has 1 rings (SSSR count). The number of hydrogen-bond donors (Lipinski definition) is 2. The van der Waals surface area contributed by atoms with Crippen molar-refractivity contribution in [2.45, 2.75) is 27.7 Å². The van der Waals surface area contributed by atoms with E-state index in [0.29, 0.717) is 30.3 Å². The monoisotopic (exact) mass is 278 g/mol. The van der Waals surface area contributed by atoms with Crippen molar-refractivity contribution in [2.75, 3.05) is 18.4 Å². The van der Waals surface area contributed by atoms with Gasteiger partial charge in [0.25, 0.3) is 0 Å². The van der Waals surface area contributed by atoms with Gasteiger partial charge in [-0.1, -0.05) is 19.9 Å². The summed E-state index contributed by atoms with van der Waals surface area (Å²) in [4.78, 5) is 25.0. The Morgan fingerprint density at radius 1 is 1.35 bits per heavy atom. The number of benzene rings is 1. The number of carbonyl (C=O) groups is 2. The van der Waals surface area contributed by atoms with Crippen LogP contribution in [0.5, 0.6) is 0 Å². The number of anilines is 1. The molecule has 5 nitrogen and oxygen atoms in total. The van der Waals surface area contributed by atoms with Crippen molar-refractivity contribution in [3.05, 3.63) is 29.3 Å². The first kappa shape index (κ1) is 16.0. The highest BCUT2D eigenvalue weighted by atomic mass is 16.4. The molecule has 2 N–H and O–H groups in total. The molecular formula is C15H22N2O3. The van der Waals surface area contributed by atoms with Gasteiger partial charge in [-0.2, -0.15) is 0 Å². The van der Waals surface area contributed by atoms with Crippen LogP contribution in [0.25, 0.3) is 0 Å². The molecule has 0 saturated carbocycles. The van der Waals surface area contributed by atoms with Crippen LogP contribution in [-0.2, 0) is 0 Å². The summed E-state index contributed by atoms with van der Waals surface area (Å²) in [5.74, 6) is -0.611. The first-order valence-electron chi connectivity index (χ1n) is 6.75. The van der Waals surface area contributed by atoms with E-state index in [1.807, 2.05) is 20.8 Å². The van der Waals surface area contributed by atoms with E-state index in [4.69, 9.17) is 5.11 Å². The Morgan fingerprint density at radius 3 is 2.50 bits per heavy atom. The third kappa shape index (κ3) is 3.98. The Kier molecular flexibility index (Phi) is 5.55. The maximum Gasteiger partial charge on any atom is 0.336 e. The fraction of sp³-hybridized carbons (Fsp3) is 0.467. The fourth-order valence-electron chi connectivity index (χ4n) is 1.99. The summed E-state index contributed by atoms with van der Waals surface area (Å²) in [6.07, 6.45) is 0. The minimum Gasteiger partial charge on any atom is -0.478 e. The quantitative estimate of drug-likeness (QED) is 0.869. The average Bonchev–Trinajstić information content (AvgIpc) is 2.37. The van der Waals surface area contributed by atoms with Crippen LogP contribution in [0.1, 0.15) is 36.7 Å². The second-order valence-corrected chi connectivity index (χ2v) is 5.15. The smallest absolute Gasteiger partial charge is 0.336 e. The summed E-state index contributed by atoms with van der Waals surface area (Å²) < 4.78 is 0. The summed E-state index contributed by atoms with van der Waals surface area (Å²) in [7, 11) is 0. The number of rotatable bonds is 5. The standard InChI is InChI=1S/C15H22N2O3/c1-5-17(9-10(2)3)15(20)16-13-8-6-7-12(11(13)4)14(18)19/h6-8,10H,5,9H2,1-4H3,(H,16,20)(H,18,19). The van der Waals surface area contributed by atoms with E-state index in [2.05, 4.69) is 5.32 Å². The molecule has 0 aliphatic heterocycles. The summed E-state index contributed by atoms with van der Waals surface area (Å²) in [6, 6.07) is 4.67. The molecule has 1 aromatic carbocycles. The van der Waals surface area contributed by atoms with Gasteiger partial charge >= 0.3 is 12.0 Å². The van der Waals surface area contributed by atoms with E-state index in [9.17, 15) is 9.59 Å². The average molecular weight is 278 g/mol. The minimum absolute atomic E-state index is 0.202. The van der Waals surface area contributed by atoms with E-state index >= 15 is 0 Å². The molecule has 0 radical (unpaired) electrons. The number of urea groups is 1. The van der Waals surface area contributed by atoms with Gasteiger partial charge in [-0.3, -0.25) is 0 Å². The molecule has 0 atom stereocenters. The SMILES string of the molecule is CCN(CC(C)C)C(=O)Nc1cccc(C(=O)O)c1C. The lowest BCUT2D eigenvalue weighted by molar-refractivity contribution is 0.0696. The number of hydrogen-bond acceptors (Lipinski definition) is 2. The third-order valence-electron chi connectivity index (χ3n) is 3.06. The van der Waals surface area contributed by atoms with Gasteiger partial charge < -0.3 is 15.3 Å². The van der Waals surface area contributed by atoms with Crippen LogP contribution in [0.15, 0.2) is 18.2 Å². The number of nitrogens with one attached hydrogen (secondary N) is 1. The summed E-state index contributed by atoms with van der Waals surface area (Å²) in [6.45, 7) is 8.99. The van der Waals surface area contributed by atoms with Gasteiger partial charge in [0.15, 0.2) is 0 Å². The maximum absolute atomic E-state index is 12.2. The van der Waals surface area contributed by atoms with Crippen molar-refractivity contribution in [1.29, 1.82) is 0 Å². The summed E-state index contributed by atoms with van der Waals surface area (Å²) >= 11 is 0. The molecule has 5 heteroatoms. The molecule has 20 heavy (non-hydrogen) atoms. The fourth-order valence-corrected chi connectivity index (χ4v) is 1.99. The molecule has 110 valence electrons. The van der Waals surface area contributed by atoms with E-state index < -0.39 is 5.97 Å². The molecule has 0 bridgehead atoms. The van der Waals surface area contributed by atoms with Gasteiger partial charge in [-0.05, 0) is 37.5 Å². The number of carbonyl (C=O) groups excluding carboxylic acids is 1. The summed E-state index contributed by atoms with van der Waals surface area (Å²) in [5, 5.41) is 11.9. The van der Waals surface area contributed by atoms with Crippen molar-refractivity contribution in [2.24, 2.45) is 5.92 Å². The Bertz CT molecular complexity index is 498. The molecule has 0 aromatic heterocycles. The molecule has 0 aliphatic carbocycles. The van der Waals surface area contributed by atoms with Crippen LogP contribution in [0.4, 0.5) is 10.5 Å². The first-order chi connectivity index (χ1) is 9.36. The van der Waals surface area contributed by atoms with Gasteiger partial charge in [0.05, 0.1) is 5.56 Å². The van der Waals surface area contributed by atoms with Crippen LogP contribution >= 0.6 is 0 Å². The Labute approximate surface area is 119 Å². The number of carboxylic acids is 1. The molecule has 0 fully saturated rings. The van der Waals surface area contributed by atoms with E-state index in [1.54, 1.807) is 24.0 Å². The van der Waals surface area contributed by atoms with Crippen LogP contribution in [0, 0.1) is 12.8 Å². The molecule has 1 aromatic rings. The van der Waals surface area contributed by atoms with Crippen LogP contribution in [-0.4, -0.2) is 35.1 Å². The van der Waals surface area contributed by atoms with Crippen LogP contribution in [0.2, 0.25) is 0 Å². The zero-order valence-corrected chi connectivity index (χ0v) is 12.4. The zero-order valence-electron chi connectivity index (χ0n) is 12.4. The number of amides is 2. The van der Waals surface area contributed by atoms with Crippen molar-refractivity contribution >= 4 is 17.7 Å². The van der Waals surface area contributed by atoms with Crippen LogP contribution in [0.3, 0.4) is 0 Å². The number of nitrogens with zero attached hydrogens (tertiary/aromatic N) is 1. The second-order valence-electron chi connectivity index (χ2n) is 5.15. The van der Waals surface area contributed by atoms with Gasteiger partial charge in [0.2, 0.25) is 0 Å². The largest absolute Gasteiger partial charge is 0.478 e. The Hall–Kier alpha value is -2.04. The molecule has 0 aliphatic rings. The number of aromatic carboxylic acids is 1. The molecule has 2 amide bonds. The van der Waals surface area contributed by atoms with Crippen molar-refractivity contribution in [1.82, 2.24) is 4.90 Å². The zero-order chi connectivity index (χ0) is 15.3. The predicted octanol–water partition coefficient (Wildman–Crippen LogP) is 3.20. The van der Waals surface area contributed by atoms with Gasteiger partial charge in [-0.15, -0.1) is 0 Å². The van der Waals surface area contributed by atoms with E-state index in [1.165, 1.54) is 6.07 Å². The maximum atomic E-state index is 12.2. The lowest BCUT2D eigenvalue weighted by Crippen LogP contribution is -2.37. The van der Waals surface area contributed by atoms with Crippen molar-refractivity contribution in [3.63, 3.8) is 0 Å². The Balaban J connectivity index is 2.90. The lowest BCUT2D eigenvalue weighted by Gasteiger charge is -2.24. The number of carboxylic acid groups (broad SMARTS) is 1. The molecule has 0 saturated heterocycles. The van der Waals surface area contributed by atoms with Gasteiger partial charge in [0.1, 0.15) is 0 Å². The van der Waals surface area contributed by atoms with Crippen LogP contribution < -0.4 is 5.32 Å². The Morgan fingerprint density at radius 2 is 2.00 bits per heavy atom. The lowest BCUT2D eigenvalue weighted by atomic mass is 10.1. The second kappa shape index (κ2) is 6.93. The van der Waals surface area contributed by atoms with E-state index in [0.717, 1.165) is 0 Å². The molecule has 0 spiro atoms. The first-order valence-corrected chi connectivity index (χ1v) is 6.75. The van der Waals surface area contributed by atoms with Gasteiger partial charge in [0, 0.05) is 18.8 Å². The highest BCUT2D eigenvalue weighted by Crippen LogP contribution is 2.19. The highest BCUT2D eigenvalue weighted by molar-refractivity contribution is 5.95. The summed E-state index contributed by atoms with van der Waals surface area (Å²) in [5.41, 5.74) is 1.31. The predicted molar refractivity (Wildman–Crippen MR) is 79.2 cm³/mol. The van der Waals surface area contributed by atoms with Crippen molar-refractivity contribution < 1.29 is 14.7 Å². The normalized spacial score (nSPS) is 10.4. The third-order valence-corrected chi connectivity index (χ3v) is 3.06. The molecular weight excluding hydrogens is 256 g/mol. The van der Waals surface area contributed by atoms with Gasteiger partial charge in [-0.25, -0.2) is 9.59 Å². The topological polar surface area (TPSA) is 69.6 Å². The molecule has 0 heterocycles. The highest BCUT2D eigenvalue weighted by Gasteiger charge is 2.16. The van der Waals surface area contributed by atoms with E-state index in [-0.39, 0.29) is 11.6 Å². The molecule has 0 unspecified atom stereocenters. The minimum atomic E-state index is -0.992.